The first-order chi connectivity index (χ1) is 8.04. The van der Waals surface area contributed by atoms with E-state index < -0.39 is 0 Å². The molecule has 0 fully saturated rings. The molecular formula is C13H19N3O. The predicted molar refractivity (Wildman–Crippen MR) is 70.9 cm³/mol. The number of nitrogens with two attached hydrogens (primary N) is 1. The van der Waals surface area contributed by atoms with E-state index in [1.54, 1.807) is 24.3 Å². The van der Waals surface area contributed by atoms with Gasteiger partial charge in [-0.05, 0) is 36.6 Å². The third-order valence-electron chi connectivity index (χ3n) is 2.50. The van der Waals surface area contributed by atoms with Gasteiger partial charge in [0.05, 0.1) is 0 Å². The van der Waals surface area contributed by atoms with Gasteiger partial charge in [-0.1, -0.05) is 20.8 Å². The number of anilines is 1. The number of benzene rings is 1. The van der Waals surface area contributed by atoms with Crippen LogP contribution in [0, 0.1) is 5.92 Å². The summed E-state index contributed by atoms with van der Waals surface area (Å²) in [7, 11) is 0. The largest absolute Gasteiger partial charge is 0.399 e. The van der Waals surface area contributed by atoms with Crippen molar-refractivity contribution in [2.45, 2.75) is 27.2 Å². The van der Waals surface area contributed by atoms with Crippen LogP contribution in [-0.4, -0.2) is 11.6 Å². The number of hydrogen-bond donors (Lipinski definition) is 2. The van der Waals surface area contributed by atoms with Crippen LogP contribution >= 0.6 is 0 Å². The van der Waals surface area contributed by atoms with Gasteiger partial charge in [0, 0.05) is 17.0 Å². The molecule has 0 unspecified atom stereocenters. The van der Waals surface area contributed by atoms with Gasteiger partial charge >= 0.3 is 0 Å². The molecule has 0 saturated heterocycles. The zero-order chi connectivity index (χ0) is 12.8. The Morgan fingerprint density at radius 2 is 1.94 bits per heavy atom. The van der Waals surface area contributed by atoms with Gasteiger partial charge < -0.3 is 5.73 Å². The van der Waals surface area contributed by atoms with E-state index in [4.69, 9.17) is 5.73 Å². The Morgan fingerprint density at radius 3 is 2.41 bits per heavy atom. The number of carbonyl (C=O) groups excluding carboxylic acids is 1. The van der Waals surface area contributed by atoms with E-state index in [9.17, 15) is 4.79 Å². The van der Waals surface area contributed by atoms with Gasteiger partial charge in [0.15, 0.2) is 0 Å². The molecule has 4 heteroatoms. The number of nitrogens with one attached hydrogen (secondary N) is 1. The second-order valence-electron chi connectivity index (χ2n) is 4.17. The summed E-state index contributed by atoms with van der Waals surface area (Å²) < 4.78 is 0. The minimum absolute atomic E-state index is 0.211. The average Bonchev–Trinajstić information content (AvgIpc) is 2.30. The number of rotatable bonds is 4. The molecule has 4 nitrogen and oxygen atoms in total. The molecular weight excluding hydrogens is 214 g/mol. The SMILES string of the molecule is CC/C(=N/NC(=O)c1ccc(N)cc1)C(C)C. The number of hydrazone groups is 1. The monoisotopic (exact) mass is 233 g/mol. The first kappa shape index (κ1) is 13.2. The summed E-state index contributed by atoms with van der Waals surface area (Å²) >= 11 is 0. The highest BCUT2D eigenvalue weighted by atomic mass is 16.2. The van der Waals surface area contributed by atoms with Crippen LogP contribution in [0.1, 0.15) is 37.6 Å². The van der Waals surface area contributed by atoms with Crippen molar-refractivity contribution in [3.8, 4) is 0 Å². The van der Waals surface area contributed by atoms with Crippen molar-refractivity contribution in [2.75, 3.05) is 5.73 Å². The van der Waals surface area contributed by atoms with E-state index in [-0.39, 0.29) is 5.91 Å². The number of hydrogen-bond acceptors (Lipinski definition) is 3. The second-order valence-corrected chi connectivity index (χ2v) is 4.17. The first-order valence-corrected chi connectivity index (χ1v) is 5.77. The van der Waals surface area contributed by atoms with Gasteiger partial charge in [-0.15, -0.1) is 0 Å². The molecule has 1 amide bonds. The van der Waals surface area contributed by atoms with Crippen LogP contribution < -0.4 is 11.2 Å². The molecule has 0 radical (unpaired) electrons. The Labute approximate surface area is 102 Å². The quantitative estimate of drug-likeness (QED) is 0.476. The predicted octanol–water partition coefficient (Wildman–Crippen LogP) is 2.42. The molecule has 1 aromatic rings. The van der Waals surface area contributed by atoms with Crippen LogP contribution in [0.15, 0.2) is 29.4 Å². The second kappa shape index (κ2) is 6.03. The molecule has 0 saturated carbocycles. The summed E-state index contributed by atoms with van der Waals surface area (Å²) in [4.78, 5) is 11.7. The van der Waals surface area contributed by atoms with Crippen molar-refractivity contribution in [1.29, 1.82) is 0 Å². The Hall–Kier alpha value is -1.84. The maximum absolute atomic E-state index is 11.7. The maximum atomic E-state index is 11.7. The van der Waals surface area contributed by atoms with E-state index in [1.165, 1.54) is 0 Å². The molecule has 17 heavy (non-hydrogen) atoms. The van der Waals surface area contributed by atoms with Crippen molar-refractivity contribution >= 4 is 17.3 Å². The molecule has 1 aromatic carbocycles. The van der Waals surface area contributed by atoms with E-state index in [0.29, 0.717) is 17.2 Å². The first-order valence-electron chi connectivity index (χ1n) is 5.77. The molecule has 0 heterocycles. The molecule has 0 spiro atoms. The number of nitrogen functional groups attached to an aromatic ring is 1. The third kappa shape index (κ3) is 3.90. The van der Waals surface area contributed by atoms with E-state index in [0.717, 1.165) is 12.1 Å². The van der Waals surface area contributed by atoms with Crippen LogP contribution in [0.3, 0.4) is 0 Å². The molecule has 1 rings (SSSR count). The van der Waals surface area contributed by atoms with Crippen LogP contribution in [0.5, 0.6) is 0 Å². The van der Waals surface area contributed by atoms with Gasteiger partial charge in [-0.25, -0.2) is 5.43 Å². The van der Waals surface area contributed by atoms with E-state index in [2.05, 4.69) is 24.4 Å². The molecule has 0 aromatic heterocycles. The molecule has 92 valence electrons. The van der Waals surface area contributed by atoms with Gasteiger partial charge in [0.1, 0.15) is 0 Å². The lowest BCUT2D eigenvalue weighted by molar-refractivity contribution is 0.0954. The van der Waals surface area contributed by atoms with Crippen LogP contribution in [-0.2, 0) is 0 Å². The maximum Gasteiger partial charge on any atom is 0.271 e. The number of nitrogens with zero attached hydrogens (tertiary/aromatic N) is 1. The van der Waals surface area contributed by atoms with Gasteiger partial charge in [0.2, 0.25) is 0 Å². The lowest BCUT2D eigenvalue weighted by Crippen LogP contribution is -2.21. The smallest absolute Gasteiger partial charge is 0.271 e. The number of carbonyl (C=O) groups is 1. The highest BCUT2D eigenvalue weighted by Crippen LogP contribution is 2.05. The summed E-state index contributed by atoms with van der Waals surface area (Å²) in [6.45, 7) is 6.13. The van der Waals surface area contributed by atoms with Crippen LogP contribution in [0.2, 0.25) is 0 Å². The standard InChI is InChI=1S/C13H19N3O/c1-4-12(9(2)3)15-16-13(17)10-5-7-11(14)8-6-10/h5-9H,4,14H2,1-3H3,(H,16,17)/b15-12-. The van der Waals surface area contributed by atoms with Crippen LogP contribution in [0.25, 0.3) is 0 Å². The van der Waals surface area contributed by atoms with Crippen molar-refractivity contribution in [2.24, 2.45) is 11.0 Å². The van der Waals surface area contributed by atoms with Crippen molar-refractivity contribution < 1.29 is 4.79 Å². The highest BCUT2D eigenvalue weighted by molar-refractivity contribution is 5.95. The molecule has 0 atom stereocenters. The lowest BCUT2D eigenvalue weighted by Gasteiger charge is -2.07. The molecule has 0 aliphatic rings. The normalized spacial score (nSPS) is 11.6. The fourth-order valence-corrected chi connectivity index (χ4v) is 1.44. The molecule has 0 aliphatic carbocycles. The fourth-order valence-electron chi connectivity index (χ4n) is 1.44. The summed E-state index contributed by atoms with van der Waals surface area (Å²) in [5, 5.41) is 4.13. The Balaban J connectivity index is 2.70. The van der Waals surface area contributed by atoms with Crippen molar-refractivity contribution in [3.63, 3.8) is 0 Å². The Kier molecular flexibility index (Phi) is 4.69. The minimum atomic E-state index is -0.211. The third-order valence-corrected chi connectivity index (χ3v) is 2.50. The summed E-state index contributed by atoms with van der Waals surface area (Å²) in [6, 6.07) is 6.76. The number of amides is 1. The van der Waals surface area contributed by atoms with Gasteiger partial charge in [-0.2, -0.15) is 5.10 Å². The summed E-state index contributed by atoms with van der Waals surface area (Å²) in [6.07, 6.45) is 0.833. The minimum Gasteiger partial charge on any atom is -0.399 e. The van der Waals surface area contributed by atoms with Gasteiger partial charge in [-0.3, -0.25) is 4.79 Å². The zero-order valence-electron chi connectivity index (χ0n) is 10.5. The Morgan fingerprint density at radius 1 is 1.35 bits per heavy atom. The average molecular weight is 233 g/mol. The molecule has 0 bridgehead atoms. The Bertz CT molecular complexity index is 407. The van der Waals surface area contributed by atoms with Gasteiger partial charge in [0.25, 0.3) is 5.91 Å². The van der Waals surface area contributed by atoms with E-state index in [1.807, 2.05) is 6.92 Å². The molecule has 3 N–H and O–H groups in total. The zero-order valence-corrected chi connectivity index (χ0v) is 10.5. The summed E-state index contributed by atoms with van der Waals surface area (Å²) in [5.41, 5.74) is 10.3. The highest BCUT2D eigenvalue weighted by Gasteiger charge is 2.06. The summed E-state index contributed by atoms with van der Waals surface area (Å²) in [5.74, 6) is 0.128. The van der Waals surface area contributed by atoms with Crippen LogP contribution in [0.4, 0.5) is 5.69 Å². The van der Waals surface area contributed by atoms with Crippen molar-refractivity contribution in [3.05, 3.63) is 29.8 Å². The fraction of sp³-hybridized carbons (Fsp3) is 0.385. The van der Waals surface area contributed by atoms with E-state index >= 15 is 0 Å². The lowest BCUT2D eigenvalue weighted by atomic mass is 10.1. The topological polar surface area (TPSA) is 67.5 Å². The molecule has 0 aliphatic heterocycles. The van der Waals surface area contributed by atoms with Crippen molar-refractivity contribution in [1.82, 2.24) is 5.43 Å².